The van der Waals surface area contributed by atoms with Crippen LogP contribution in [0.15, 0.2) is 5.83 Å². The summed E-state index contributed by atoms with van der Waals surface area (Å²) in [5.41, 5.74) is 0. The second-order valence-electron chi connectivity index (χ2n) is 1.26. The van der Waals surface area contributed by atoms with Crippen LogP contribution in [0.3, 0.4) is 0 Å². The third-order valence-electron chi connectivity index (χ3n) is 0.658. The average molecular weight is 105 g/mol. The van der Waals surface area contributed by atoms with Crippen molar-refractivity contribution in [3.05, 3.63) is 12.4 Å². The van der Waals surface area contributed by atoms with Gasteiger partial charge in [0.25, 0.3) is 0 Å². The Hall–Kier alpha value is -0.400. The quantitative estimate of drug-likeness (QED) is 0.504. The number of alkyl halides is 1. The Kier molecular flexibility index (Phi) is 2.56. The van der Waals surface area contributed by atoms with Gasteiger partial charge in [-0.15, -0.1) is 0 Å². The minimum Gasteiger partial charge on any atom is -0.240 e. The predicted octanol–water partition coefficient (Wildman–Crippen LogP) is 2.02. The summed E-state index contributed by atoms with van der Waals surface area (Å²) in [6.07, 6.45) is -1.46. The zero-order chi connectivity index (χ0) is 5.86. The van der Waals surface area contributed by atoms with Crippen LogP contribution >= 0.6 is 0 Å². The molecule has 0 bridgehead atoms. The first-order chi connectivity index (χ1) is 3.18. The van der Waals surface area contributed by atoms with E-state index in [1.807, 2.05) is 0 Å². The molecule has 0 aromatic rings. The smallest absolute Gasteiger partial charge is 0.151 e. The first-order valence-corrected chi connectivity index (χ1v) is 2.10. The van der Waals surface area contributed by atoms with Gasteiger partial charge in [-0.05, 0) is 13.0 Å². The normalized spacial score (nSPS) is 13.6. The molecule has 0 aliphatic carbocycles. The summed E-state index contributed by atoms with van der Waals surface area (Å²) in [6, 6.07) is 0. The van der Waals surface area contributed by atoms with E-state index in [1.54, 1.807) is 0 Å². The SMILES string of the molecule is [CH]=C(F)C(F)CC. The highest BCUT2D eigenvalue weighted by Gasteiger charge is 2.04. The van der Waals surface area contributed by atoms with E-state index in [0.29, 0.717) is 0 Å². The number of hydrogen-bond acceptors (Lipinski definition) is 0. The van der Waals surface area contributed by atoms with Crippen LogP contribution in [0, 0.1) is 6.58 Å². The lowest BCUT2D eigenvalue weighted by atomic mass is 10.3. The Bertz CT molecular complexity index is 68.5. The van der Waals surface area contributed by atoms with Crippen molar-refractivity contribution in [1.82, 2.24) is 0 Å². The molecule has 0 saturated heterocycles. The number of halogens is 2. The van der Waals surface area contributed by atoms with E-state index in [9.17, 15) is 8.78 Å². The highest BCUT2D eigenvalue weighted by atomic mass is 19.2. The summed E-state index contributed by atoms with van der Waals surface area (Å²) in [4.78, 5) is 0. The molecule has 41 valence electrons. The van der Waals surface area contributed by atoms with Crippen LogP contribution in [0.25, 0.3) is 0 Å². The molecule has 0 nitrogen and oxygen atoms in total. The van der Waals surface area contributed by atoms with Gasteiger partial charge in [-0.3, -0.25) is 0 Å². The van der Waals surface area contributed by atoms with E-state index in [0.717, 1.165) is 0 Å². The van der Waals surface area contributed by atoms with Crippen LogP contribution < -0.4 is 0 Å². The lowest BCUT2D eigenvalue weighted by Crippen LogP contribution is -1.95. The van der Waals surface area contributed by atoms with Crippen LogP contribution in [-0.4, -0.2) is 6.17 Å². The number of hydrogen-bond donors (Lipinski definition) is 0. The molecule has 0 N–H and O–H groups in total. The van der Waals surface area contributed by atoms with Crippen LogP contribution in [0.4, 0.5) is 8.78 Å². The third-order valence-corrected chi connectivity index (χ3v) is 0.658. The summed E-state index contributed by atoms with van der Waals surface area (Å²) >= 11 is 0. The molecule has 0 amide bonds. The lowest BCUT2D eigenvalue weighted by Gasteiger charge is -1.95. The fourth-order valence-electron chi connectivity index (χ4n) is 0.195. The van der Waals surface area contributed by atoms with Crippen LogP contribution in [0.5, 0.6) is 0 Å². The van der Waals surface area contributed by atoms with Gasteiger partial charge in [-0.1, -0.05) is 6.92 Å². The van der Waals surface area contributed by atoms with Crippen molar-refractivity contribution in [2.24, 2.45) is 0 Å². The van der Waals surface area contributed by atoms with Gasteiger partial charge < -0.3 is 0 Å². The lowest BCUT2D eigenvalue weighted by molar-refractivity contribution is 0.318. The molecule has 1 unspecified atom stereocenters. The van der Waals surface area contributed by atoms with Gasteiger partial charge in [0.2, 0.25) is 0 Å². The summed E-state index contributed by atoms with van der Waals surface area (Å²) < 4.78 is 23.1. The monoisotopic (exact) mass is 105 g/mol. The zero-order valence-electron chi connectivity index (χ0n) is 4.12. The van der Waals surface area contributed by atoms with Crippen LogP contribution in [0.2, 0.25) is 0 Å². The molecule has 0 saturated carbocycles. The maximum atomic E-state index is 11.7. The van der Waals surface area contributed by atoms with Crippen LogP contribution in [0.1, 0.15) is 13.3 Å². The van der Waals surface area contributed by atoms with Gasteiger partial charge in [-0.2, -0.15) is 0 Å². The van der Waals surface area contributed by atoms with E-state index in [4.69, 9.17) is 0 Å². The molecule has 1 radical (unpaired) electrons. The molecule has 0 aliphatic rings. The average Bonchev–Trinajstić information content (AvgIpc) is 1.65. The first kappa shape index (κ1) is 6.60. The maximum absolute atomic E-state index is 11.7. The van der Waals surface area contributed by atoms with Crippen molar-refractivity contribution in [3.63, 3.8) is 0 Å². The maximum Gasteiger partial charge on any atom is 0.151 e. The van der Waals surface area contributed by atoms with E-state index < -0.39 is 12.0 Å². The Morgan fingerprint density at radius 3 is 2.29 bits per heavy atom. The zero-order valence-corrected chi connectivity index (χ0v) is 4.12. The van der Waals surface area contributed by atoms with Gasteiger partial charge >= 0.3 is 0 Å². The summed E-state index contributed by atoms with van der Waals surface area (Å²) in [5.74, 6) is -1.12. The van der Waals surface area contributed by atoms with E-state index in [1.165, 1.54) is 6.92 Å². The number of allylic oxidation sites excluding steroid dienone is 1. The molecule has 0 aliphatic heterocycles. The molecule has 2 heteroatoms. The third kappa shape index (κ3) is 2.31. The van der Waals surface area contributed by atoms with Crippen molar-refractivity contribution in [1.29, 1.82) is 0 Å². The Balaban J connectivity index is 3.34. The van der Waals surface area contributed by atoms with E-state index in [2.05, 4.69) is 6.58 Å². The fourth-order valence-corrected chi connectivity index (χ4v) is 0.195. The molecule has 0 aromatic heterocycles. The van der Waals surface area contributed by atoms with Crippen molar-refractivity contribution in [2.45, 2.75) is 19.5 Å². The van der Waals surface area contributed by atoms with Crippen molar-refractivity contribution >= 4 is 0 Å². The molecule has 0 rings (SSSR count). The summed E-state index contributed by atoms with van der Waals surface area (Å²) in [6.45, 7) is 5.95. The van der Waals surface area contributed by atoms with Gasteiger partial charge in [0.05, 0.1) is 0 Å². The second-order valence-corrected chi connectivity index (χ2v) is 1.26. The van der Waals surface area contributed by atoms with Crippen molar-refractivity contribution < 1.29 is 8.78 Å². The molecular weight excluding hydrogens is 98.1 g/mol. The number of rotatable bonds is 2. The summed E-state index contributed by atoms with van der Waals surface area (Å²) in [7, 11) is 0. The fraction of sp³-hybridized carbons (Fsp3) is 0.600. The van der Waals surface area contributed by atoms with E-state index in [-0.39, 0.29) is 6.42 Å². The highest BCUT2D eigenvalue weighted by Crippen LogP contribution is 2.07. The second kappa shape index (κ2) is 2.72. The molecule has 0 spiro atoms. The standard InChI is InChI=1S/C5H7F2/c1-3-5(7)4(2)6/h2,5H,3H2,1H3. The molecule has 0 aromatic carbocycles. The summed E-state index contributed by atoms with van der Waals surface area (Å²) in [5, 5.41) is 0. The Morgan fingerprint density at radius 2 is 2.29 bits per heavy atom. The molecular formula is C5H7F2. The molecule has 1 atom stereocenters. The molecule has 0 fully saturated rings. The van der Waals surface area contributed by atoms with Gasteiger partial charge in [-0.25, -0.2) is 8.78 Å². The molecule has 0 heterocycles. The van der Waals surface area contributed by atoms with Gasteiger partial charge in [0, 0.05) is 0 Å². The minimum atomic E-state index is -1.57. The van der Waals surface area contributed by atoms with Crippen LogP contribution in [-0.2, 0) is 0 Å². The largest absolute Gasteiger partial charge is 0.240 e. The van der Waals surface area contributed by atoms with Gasteiger partial charge in [0.15, 0.2) is 6.17 Å². The van der Waals surface area contributed by atoms with Crippen molar-refractivity contribution in [3.8, 4) is 0 Å². The Morgan fingerprint density at radius 1 is 1.86 bits per heavy atom. The highest BCUT2D eigenvalue weighted by molar-refractivity contribution is 4.85. The van der Waals surface area contributed by atoms with Crippen molar-refractivity contribution in [2.75, 3.05) is 0 Å². The first-order valence-electron chi connectivity index (χ1n) is 2.10. The van der Waals surface area contributed by atoms with E-state index >= 15 is 0 Å². The Labute approximate surface area is 41.8 Å². The topological polar surface area (TPSA) is 0 Å². The minimum absolute atomic E-state index is 0.113. The predicted molar refractivity (Wildman–Crippen MR) is 24.1 cm³/mol. The van der Waals surface area contributed by atoms with Gasteiger partial charge in [0.1, 0.15) is 5.83 Å². The molecule has 7 heavy (non-hydrogen) atoms.